The number of nitrogens with one attached hydrogen (secondary N) is 1. The largest absolute Gasteiger partial charge is 0.489 e. The minimum Gasteiger partial charge on any atom is -0.489 e. The van der Waals surface area contributed by atoms with Crippen LogP contribution in [0.1, 0.15) is 53.9 Å². The maximum absolute atomic E-state index is 11.9. The van der Waals surface area contributed by atoms with Crippen molar-refractivity contribution < 1.29 is 9.53 Å². The summed E-state index contributed by atoms with van der Waals surface area (Å²) in [4.78, 5) is 12.6. The van der Waals surface area contributed by atoms with E-state index in [1.165, 1.54) is 16.9 Å². The minimum absolute atomic E-state index is 0.000568. The van der Waals surface area contributed by atoms with Gasteiger partial charge in [0.25, 0.3) is 5.91 Å². The van der Waals surface area contributed by atoms with Gasteiger partial charge in [0.15, 0.2) is 0 Å². The molecule has 118 valence electrons. The van der Waals surface area contributed by atoms with Crippen molar-refractivity contribution in [2.24, 2.45) is 0 Å². The molecule has 0 radical (unpaired) electrons. The third kappa shape index (κ3) is 4.60. The van der Waals surface area contributed by atoms with Crippen molar-refractivity contribution in [2.45, 2.75) is 39.7 Å². The summed E-state index contributed by atoms with van der Waals surface area (Å²) in [6.07, 6.45) is 0.944. The first kappa shape index (κ1) is 16.6. The van der Waals surface area contributed by atoms with E-state index in [1.54, 1.807) is 0 Å². The first-order valence-electron chi connectivity index (χ1n) is 7.68. The van der Waals surface area contributed by atoms with Crippen LogP contribution in [0.2, 0.25) is 0 Å². The molecule has 3 nitrogen and oxygen atoms in total. The van der Waals surface area contributed by atoms with Gasteiger partial charge < -0.3 is 10.1 Å². The van der Waals surface area contributed by atoms with Crippen molar-refractivity contribution in [3.63, 3.8) is 0 Å². The topological polar surface area (TPSA) is 38.3 Å². The molecule has 0 fully saturated rings. The Bertz CT molecular complexity index is 602. The Hall–Kier alpha value is -1.81. The number of ether oxygens (including phenoxy) is 1. The number of carbonyl (C=O) groups is 1. The second-order valence-electron chi connectivity index (χ2n) is 5.59. The van der Waals surface area contributed by atoms with E-state index in [1.807, 2.05) is 30.5 Å². The zero-order chi connectivity index (χ0) is 15.9. The van der Waals surface area contributed by atoms with Gasteiger partial charge in [-0.1, -0.05) is 32.9 Å². The molecule has 0 atom stereocenters. The fourth-order valence-corrected chi connectivity index (χ4v) is 2.82. The van der Waals surface area contributed by atoms with Gasteiger partial charge in [-0.25, -0.2) is 0 Å². The summed E-state index contributed by atoms with van der Waals surface area (Å²) in [5.41, 5.74) is 2.33. The van der Waals surface area contributed by atoms with Crippen LogP contribution >= 0.6 is 11.3 Å². The molecule has 0 aliphatic heterocycles. The lowest BCUT2D eigenvalue weighted by molar-refractivity contribution is 0.0957. The standard InChI is InChI=1S/C18H23NO2S/c1-4-9-19-18(20)17-10-14(12-22-17)11-21-16-7-5-15(6-8-16)13(2)3/h5-8,10,12-13H,4,9,11H2,1-3H3,(H,19,20). The highest BCUT2D eigenvalue weighted by Gasteiger charge is 2.08. The zero-order valence-electron chi connectivity index (χ0n) is 13.4. The van der Waals surface area contributed by atoms with E-state index in [2.05, 4.69) is 31.3 Å². The molecule has 4 heteroatoms. The van der Waals surface area contributed by atoms with Gasteiger partial charge in [0.1, 0.15) is 12.4 Å². The normalized spacial score (nSPS) is 10.7. The first-order valence-corrected chi connectivity index (χ1v) is 8.56. The molecule has 0 aliphatic carbocycles. The lowest BCUT2D eigenvalue weighted by Crippen LogP contribution is -2.22. The number of hydrogen-bond acceptors (Lipinski definition) is 3. The molecule has 1 amide bonds. The number of carbonyl (C=O) groups excluding carboxylic acids is 1. The molecular weight excluding hydrogens is 294 g/mol. The predicted octanol–water partition coefficient (Wildman–Crippen LogP) is 4.59. The monoisotopic (exact) mass is 317 g/mol. The lowest BCUT2D eigenvalue weighted by atomic mass is 10.0. The fourth-order valence-electron chi connectivity index (χ4n) is 2.01. The SMILES string of the molecule is CCCNC(=O)c1cc(COc2ccc(C(C)C)cc2)cs1. The van der Waals surface area contributed by atoms with Crippen molar-refractivity contribution >= 4 is 17.2 Å². The van der Waals surface area contributed by atoms with Crippen LogP contribution in [0.25, 0.3) is 0 Å². The Morgan fingerprint density at radius 2 is 2.00 bits per heavy atom. The van der Waals surface area contributed by atoms with E-state index in [0.717, 1.165) is 22.6 Å². The van der Waals surface area contributed by atoms with E-state index in [4.69, 9.17) is 4.74 Å². The van der Waals surface area contributed by atoms with Gasteiger partial charge >= 0.3 is 0 Å². The molecule has 0 bridgehead atoms. The van der Waals surface area contributed by atoms with Crippen molar-refractivity contribution in [1.29, 1.82) is 0 Å². The van der Waals surface area contributed by atoms with Crippen LogP contribution in [0.3, 0.4) is 0 Å². The molecule has 0 spiro atoms. The van der Waals surface area contributed by atoms with Crippen LogP contribution in [-0.2, 0) is 6.61 Å². The maximum atomic E-state index is 11.9. The van der Waals surface area contributed by atoms with E-state index >= 15 is 0 Å². The van der Waals surface area contributed by atoms with E-state index < -0.39 is 0 Å². The molecule has 0 saturated heterocycles. The summed E-state index contributed by atoms with van der Waals surface area (Å²) in [5, 5.41) is 4.86. The Morgan fingerprint density at radius 1 is 1.27 bits per heavy atom. The second-order valence-corrected chi connectivity index (χ2v) is 6.50. The predicted molar refractivity (Wildman–Crippen MR) is 91.8 cm³/mol. The number of thiophene rings is 1. The average molecular weight is 317 g/mol. The fraction of sp³-hybridized carbons (Fsp3) is 0.389. The van der Waals surface area contributed by atoms with Gasteiger partial charge in [-0.05, 0) is 41.5 Å². The third-order valence-electron chi connectivity index (χ3n) is 3.37. The Balaban J connectivity index is 1.89. The Morgan fingerprint density at radius 3 is 2.64 bits per heavy atom. The zero-order valence-corrected chi connectivity index (χ0v) is 14.2. The van der Waals surface area contributed by atoms with E-state index in [-0.39, 0.29) is 5.91 Å². The van der Waals surface area contributed by atoms with Crippen molar-refractivity contribution in [1.82, 2.24) is 5.32 Å². The van der Waals surface area contributed by atoms with Gasteiger partial charge in [-0.2, -0.15) is 0 Å². The van der Waals surface area contributed by atoms with Crippen LogP contribution in [-0.4, -0.2) is 12.5 Å². The molecule has 22 heavy (non-hydrogen) atoms. The Kier molecular flexibility index (Phi) is 6.01. The van der Waals surface area contributed by atoms with Crippen LogP contribution in [0.4, 0.5) is 0 Å². The molecule has 1 aromatic heterocycles. The van der Waals surface area contributed by atoms with Crippen molar-refractivity contribution in [3.8, 4) is 5.75 Å². The quantitative estimate of drug-likeness (QED) is 0.811. The van der Waals surface area contributed by atoms with Crippen LogP contribution in [0.5, 0.6) is 5.75 Å². The molecule has 2 rings (SSSR count). The van der Waals surface area contributed by atoms with Crippen molar-refractivity contribution in [2.75, 3.05) is 6.54 Å². The minimum atomic E-state index is -0.000568. The van der Waals surface area contributed by atoms with Gasteiger partial charge in [0, 0.05) is 12.1 Å². The van der Waals surface area contributed by atoms with Crippen LogP contribution in [0, 0.1) is 0 Å². The van der Waals surface area contributed by atoms with E-state index in [9.17, 15) is 4.79 Å². The number of benzene rings is 1. The third-order valence-corrected chi connectivity index (χ3v) is 4.34. The molecule has 1 heterocycles. The van der Waals surface area contributed by atoms with Crippen LogP contribution < -0.4 is 10.1 Å². The first-order chi connectivity index (χ1) is 10.6. The molecule has 0 aliphatic rings. The van der Waals surface area contributed by atoms with Gasteiger partial charge in [-0.3, -0.25) is 4.79 Å². The molecule has 1 N–H and O–H groups in total. The summed E-state index contributed by atoms with van der Waals surface area (Å²) in [6.45, 7) is 7.58. The van der Waals surface area contributed by atoms with Gasteiger partial charge in [0.05, 0.1) is 4.88 Å². The number of rotatable bonds is 7. The lowest BCUT2D eigenvalue weighted by Gasteiger charge is -2.08. The second kappa shape index (κ2) is 7.99. The van der Waals surface area contributed by atoms with Crippen LogP contribution in [0.15, 0.2) is 35.7 Å². The Labute approximate surface area is 136 Å². The number of amides is 1. The highest BCUT2D eigenvalue weighted by Crippen LogP contribution is 2.21. The van der Waals surface area contributed by atoms with Crippen molar-refractivity contribution in [3.05, 3.63) is 51.7 Å². The smallest absolute Gasteiger partial charge is 0.261 e. The summed E-state index contributed by atoms with van der Waals surface area (Å²) >= 11 is 1.46. The molecule has 0 unspecified atom stereocenters. The summed E-state index contributed by atoms with van der Waals surface area (Å²) in [5.74, 6) is 1.38. The number of hydrogen-bond donors (Lipinski definition) is 1. The summed E-state index contributed by atoms with van der Waals surface area (Å²) < 4.78 is 5.78. The summed E-state index contributed by atoms with van der Waals surface area (Å²) in [7, 11) is 0. The average Bonchev–Trinajstić information content (AvgIpc) is 3.00. The molecule has 1 aromatic carbocycles. The molecular formula is C18H23NO2S. The molecule has 2 aromatic rings. The highest BCUT2D eigenvalue weighted by atomic mass is 32.1. The van der Waals surface area contributed by atoms with E-state index in [0.29, 0.717) is 19.1 Å². The van der Waals surface area contributed by atoms with Gasteiger partial charge in [0.2, 0.25) is 0 Å². The summed E-state index contributed by atoms with van der Waals surface area (Å²) in [6, 6.07) is 10.1. The highest BCUT2D eigenvalue weighted by molar-refractivity contribution is 7.12. The maximum Gasteiger partial charge on any atom is 0.261 e. The molecule has 0 saturated carbocycles. The van der Waals surface area contributed by atoms with Gasteiger partial charge in [-0.15, -0.1) is 11.3 Å².